The Balaban J connectivity index is 1.40. The third-order valence-corrected chi connectivity index (χ3v) is 7.12. The molecule has 8 nitrogen and oxygen atoms in total. The highest BCUT2D eigenvalue weighted by Gasteiger charge is 2.15. The number of nitrogens with one attached hydrogen (secondary N) is 3. The number of methoxy groups -OCH3 is 1. The van der Waals surface area contributed by atoms with Crippen molar-refractivity contribution in [3.63, 3.8) is 0 Å². The van der Waals surface area contributed by atoms with E-state index in [1.807, 2.05) is 61.5 Å². The molecule has 4 aromatic rings. The lowest BCUT2D eigenvalue weighted by atomic mass is 10.1. The summed E-state index contributed by atoms with van der Waals surface area (Å²) in [7, 11) is 5.49. The van der Waals surface area contributed by atoms with E-state index in [9.17, 15) is 14.4 Å². The number of rotatable bonds is 11. The molecule has 0 aliphatic rings. The van der Waals surface area contributed by atoms with Crippen molar-refractivity contribution in [1.29, 1.82) is 0 Å². The quantitative estimate of drug-likeness (QED) is 0.151. The maximum absolute atomic E-state index is 13.3. The van der Waals surface area contributed by atoms with Crippen LogP contribution in [0.25, 0.3) is 6.08 Å². The van der Waals surface area contributed by atoms with Gasteiger partial charge in [-0.2, -0.15) is 0 Å². The second-order valence-corrected chi connectivity index (χ2v) is 10.5. The fourth-order valence-corrected chi connectivity index (χ4v) is 4.53. The van der Waals surface area contributed by atoms with Gasteiger partial charge in [0, 0.05) is 41.6 Å². The Morgan fingerprint density at radius 1 is 0.786 bits per heavy atom. The molecule has 0 fully saturated rings. The molecule has 214 valence electrons. The molecule has 0 aromatic heterocycles. The van der Waals surface area contributed by atoms with Crippen molar-refractivity contribution in [2.24, 2.45) is 0 Å². The molecule has 0 radical (unpaired) electrons. The summed E-state index contributed by atoms with van der Waals surface area (Å²) in [6, 6.07) is 30.6. The zero-order valence-corrected chi connectivity index (χ0v) is 24.4. The SMILES string of the molecule is COc1ccc(NC(=O)CSc2ccc(NC(=O)/C(=C/c3ccc(N(C)C)cc3)NC(=O)c3ccccc3)cc2)cc1. The van der Waals surface area contributed by atoms with Gasteiger partial charge >= 0.3 is 0 Å². The lowest BCUT2D eigenvalue weighted by Crippen LogP contribution is -2.30. The highest BCUT2D eigenvalue weighted by atomic mass is 32.2. The standard InChI is InChI=1S/C33H32N4O4S/c1-37(2)27-15-9-23(10-16-27)21-30(36-32(39)24-7-5-4-6-8-24)33(40)35-26-13-19-29(20-14-26)42-22-31(38)34-25-11-17-28(41-3)18-12-25/h4-21H,22H2,1-3H3,(H,34,38)(H,35,40)(H,36,39)/b30-21-. The molecule has 3 amide bonds. The van der Waals surface area contributed by atoms with Crippen molar-refractivity contribution in [3.05, 3.63) is 120 Å². The molecule has 0 atom stereocenters. The minimum atomic E-state index is -0.463. The molecule has 0 aliphatic carbocycles. The summed E-state index contributed by atoms with van der Waals surface area (Å²) in [5.74, 6) is -0.0423. The predicted molar refractivity (Wildman–Crippen MR) is 170 cm³/mol. The van der Waals surface area contributed by atoms with Gasteiger partial charge in [-0.1, -0.05) is 30.3 Å². The highest BCUT2D eigenvalue weighted by Crippen LogP contribution is 2.22. The average Bonchev–Trinajstić information content (AvgIpc) is 3.01. The first kappa shape index (κ1) is 30.0. The van der Waals surface area contributed by atoms with Gasteiger partial charge in [0.05, 0.1) is 12.9 Å². The molecule has 42 heavy (non-hydrogen) atoms. The number of carbonyl (C=O) groups excluding carboxylic acids is 3. The van der Waals surface area contributed by atoms with Crippen molar-refractivity contribution in [3.8, 4) is 5.75 Å². The smallest absolute Gasteiger partial charge is 0.272 e. The van der Waals surface area contributed by atoms with E-state index >= 15 is 0 Å². The molecule has 0 bridgehead atoms. The summed E-state index contributed by atoms with van der Waals surface area (Å²) >= 11 is 1.38. The highest BCUT2D eigenvalue weighted by molar-refractivity contribution is 8.00. The van der Waals surface area contributed by atoms with Crippen LogP contribution in [0, 0.1) is 0 Å². The Hall–Kier alpha value is -5.02. The molecule has 0 saturated carbocycles. The molecule has 0 heterocycles. The second-order valence-electron chi connectivity index (χ2n) is 9.41. The van der Waals surface area contributed by atoms with Crippen molar-refractivity contribution < 1.29 is 19.1 Å². The van der Waals surface area contributed by atoms with E-state index in [-0.39, 0.29) is 23.3 Å². The van der Waals surface area contributed by atoms with E-state index in [1.54, 1.807) is 73.8 Å². The molecule has 0 aliphatic heterocycles. The molecular formula is C33H32N4O4S. The number of thioether (sulfide) groups is 1. The van der Waals surface area contributed by atoms with Gasteiger partial charge in [0.2, 0.25) is 5.91 Å². The van der Waals surface area contributed by atoms with Gasteiger partial charge in [-0.15, -0.1) is 11.8 Å². The van der Waals surface area contributed by atoms with Crippen molar-refractivity contribution in [2.75, 3.05) is 42.5 Å². The summed E-state index contributed by atoms with van der Waals surface area (Å²) in [6.45, 7) is 0. The molecule has 0 saturated heterocycles. The Morgan fingerprint density at radius 3 is 2.02 bits per heavy atom. The van der Waals surface area contributed by atoms with Crippen LogP contribution in [0.5, 0.6) is 5.75 Å². The van der Waals surface area contributed by atoms with E-state index in [4.69, 9.17) is 4.74 Å². The lowest BCUT2D eigenvalue weighted by molar-refractivity contribution is -0.114. The normalized spacial score (nSPS) is 10.9. The summed E-state index contributed by atoms with van der Waals surface area (Å²) in [5.41, 5.74) is 3.57. The zero-order valence-electron chi connectivity index (χ0n) is 23.6. The number of anilines is 3. The Bertz CT molecular complexity index is 1540. The molecular weight excluding hydrogens is 548 g/mol. The first-order valence-corrected chi connectivity index (χ1v) is 14.1. The van der Waals surface area contributed by atoms with Crippen LogP contribution in [0.3, 0.4) is 0 Å². The molecule has 9 heteroatoms. The summed E-state index contributed by atoms with van der Waals surface area (Å²) in [4.78, 5) is 41.4. The van der Waals surface area contributed by atoms with Gasteiger partial charge in [-0.25, -0.2) is 0 Å². The van der Waals surface area contributed by atoms with E-state index in [2.05, 4.69) is 16.0 Å². The van der Waals surface area contributed by atoms with Gasteiger partial charge in [0.25, 0.3) is 11.8 Å². The van der Waals surface area contributed by atoms with Crippen LogP contribution < -0.4 is 25.6 Å². The topological polar surface area (TPSA) is 99.8 Å². The monoisotopic (exact) mass is 580 g/mol. The third-order valence-electron chi connectivity index (χ3n) is 6.11. The number of amides is 3. The average molecular weight is 581 g/mol. The summed E-state index contributed by atoms with van der Waals surface area (Å²) < 4.78 is 5.13. The predicted octanol–water partition coefficient (Wildman–Crippen LogP) is 5.90. The van der Waals surface area contributed by atoms with E-state index in [0.29, 0.717) is 16.9 Å². The fraction of sp³-hybridized carbons (Fsp3) is 0.121. The van der Waals surface area contributed by atoms with Crippen molar-refractivity contribution in [2.45, 2.75) is 4.90 Å². The Morgan fingerprint density at radius 2 is 1.40 bits per heavy atom. The first-order valence-electron chi connectivity index (χ1n) is 13.1. The van der Waals surface area contributed by atoms with Crippen LogP contribution in [-0.2, 0) is 9.59 Å². The minimum absolute atomic E-state index is 0.107. The third kappa shape index (κ3) is 8.74. The van der Waals surface area contributed by atoms with Gasteiger partial charge in [-0.05, 0) is 84.4 Å². The molecule has 0 spiro atoms. The van der Waals surface area contributed by atoms with Crippen LogP contribution in [0.1, 0.15) is 15.9 Å². The number of ether oxygens (including phenoxy) is 1. The van der Waals surface area contributed by atoms with Crippen molar-refractivity contribution in [1.82, 2.24) is 5.32 Å². The van der Waals surface area contributed by atoms with Crippen molar-refractivity contribution >= 4 is 52.6 Å². The second kappa shape index (κ2) is 14.6. The molecule has 4 aromatic carbocycles. The number of hydrogen-bond acceptors (Lipinski definition) is 6. The fourth-order valence-electron chi connectivity index (χ4n) is 3.83. The first-order chi connectivity index (χ1) is 20.3. The van der Waals surface area contributed by atoms with Crippen LogP contribution >= 0.6 is 11.8 Å². The zero-order chi connectivity index (χ0) is 29.9. The maximum Gasteiger partial charge on any atom is 0.272 e. The van der Waals surface area contributed by atoms with E-state index < -0.39 is 5.91 Å². The molecule has 3 N–H and O–H groups in total. The largest absolute Gasteiger partial charge is 0.497 e. The van der Waals surface area contributed by atoms with Crippen LogP contribution in [-0.4, -0.2) is 44.7 Å². The molecule has 4 rings (SSSR count). The lowest BCUT2D eigenvalue weighted by Gasteiger charge is -2.13. The van der Waals surface area contributed by atoms with E-state index in [0.717, 1.165) is 21.9 Å². The van der Waals surface area contributed by atoms with Gasteiger partial charge in [-0.3, -0.25) is 14.4 Å². The van der Waals surface area contributed by atoms with Gasteiger partial charge in [0.15, 0.2) is 0 Å². The van der Waals surface area contributed by atoms with Crippen LogP contribution in [0.2, 0.25) is 0 Å². The van der Waals surface area contributed by atoms with Gasteiger partial charge < -0.3 is 25.6 Å². The number of nitrogens with zero attached hydrogens (tertiary/aromatic N) is 1. The number of hydrogen-bond donors (Lipinski definition) is 3. The van der Waals surface area contributed by atoms with Crippen LogP contribution in [0.4, 0.5) is 17.1 Å². The number of benzene rings is 4. The molecule has 0 unspecified atom stereocenters. The summed E-state index contributed by atoms with van der Waals surface area (Å²) in [6.07, 6.45) is 1.64. The van der Waals surface area contributed by atoms with Gasteiger partial charge in [0.1, 0.15) is 11.4 Å². The summed E-state index contributed by atoms with van der Waals surface area (Å²) in [5, 5.41) is 8.46. The van der Waals surface area contributed by atoms with Crippen LogP contribution in [0.15, 0.2) is 114 Å². The maximum atomic E-state index is 13.3. The Kier molecular flexibility index (Phi) is 10.4. The minimum Gasteiger partial charge on any atom is -0.497 e. The van der Waals surface area contributed by atoms with E-state index in [1.165, 1.54) is 11.8 Å². The Labute approximate surface area is 249 Å². The number of carbonyl (C=O) groups is 3.